The van der Waals surface area contributed by atoms with Gasteiger partial charge in [0.05, 0.1) is 17.8 Å². The SMILES string of the molecule is CC(C)CNCCn1c(Sc2cc3c(cc2C#N)CN=N3)nc2c(N)ncnc21. The van der Waals surface area contributed by atoms with Gasteiger partial charge in [-0.1, -0.05) is 25.6 Å². The number of nitriles is 1. The molecule has 9 nitrogen and oxygen atoms in total. The molecule has 1 aliphatic heterocycles. The first-order chi connectivity index (χ1) is 14.1. The standard InChI is InChI=1S/C19H21N9S/c1-11(2)8-22-3-4-28-18-16(17(21)23-10-24-18)26-19(28)29-15-6-14-13(9-25-27-14)5-12(15)7-20/h5-6,10-11,22H,3-4,8-9H2,1-2H3,(H2,21,23,24). The second-order valence-corrected chi connectivity index (χ2v) is 8.17. The van der Waals surface area contributed by atoms with Crippen LogP contribution in [-0.2, 0) is 13.1 Å². The zero-order valence-corrected chi connectivity index (χ0v) is 17.1. The van der Waals surface area contributed by atoms with Crippen LogP contribution in [0.5, 0.6) is 0 Å². The number of imidazole rings is 1. The van der Waals surface area contributed by atoms with E-state index in [0.29, 0.717) is 46.7 Å². The minimum absolute atomic E-state index is 0.342. The summed E-state index contributed by atoms with van der Waals surface area (Å²) < 4.78 is 2.02. The highest BCUT2D eigenvalue weighted by atomic mass is 32.2. The van der Waals surface area contributed by atoms with Gasteiger partial charge in [-0.2, -0.15) is 15.5 Å². The van der Waals surface area contributed by atoms with Crippen LogP contribution < -0.4 is 11.1 Å². The number of nitrogens with one attached hydrogen (secondary N) is 1. The Morgan fingerprint density at radius 2 is 2.21 bits per heavy atom. The Hall–Kier alpha value is -3.03. The van der Waals surface area contributed by atoms with E-state index in [0.717, 1.165) is 29.2 Å². The first kappa shape index (κ1) is 19.3. The van der Waals surface area contributed by atoms with E-state index in [2.05, 4.69) is 50.4 Å². The molecule has 0 amide bonds. The lowest BCUT2D eigenvalue weighted by molar-refractivity contribution is 0.516. The van der Waals surface area contributed by atoms with Gasteiger partial charge in [0.15, 0.2) is 22.1 Å². The molecule has 0 aliphatic carbocycles. The maximum Gasteiger partial charge on any atom is 0.175 e. The maximum absolute atomic E-state index is 9.60. The number of fused-ring (bicyclic) bond motifs is 2. The zero-order chi connectivity index (χ0) is 20.4. The number of nitrogen functional groups attached to an aromatic ring is 1. The van der Waals surface area contributed by atoms with Crippen molar-refractivity contribution in [3.05, 3.63) is 29.6 Å². The molecular formula is C19H21N9S. The van der Waals surface area contributed by atoms with E-state index < -0.39 is 0 Å². The Morgan fingerprint density at radius 3 is 3.00 bits per heavy atom. The summed E-state index contributed by atoms with van der Waals surface area (Å²) in [6.07, 6.45) is 1.45. The van der Waals surface area contributed by atoms with Crippen LogP contribution in [0.3, 0.4) is 0 Å². The minimum Gasteiger partial charge on any atom is -0.382 e. The van der Waals surface area contributed by atoms with Crippen LogP contribution in [0, 0.1) is 17.2 Å². The van der Waals surface area contributed by atoms with Crippen molar-refractivity contribution in [3.8, 4) is 6.07 Å². The van der Waals surface area contributed by atoms with Crippen molar-refractivity contribution in [1.82, 2.24) is 24.8 Å². The lowest BCUT2D eigenvalue weighted by atomic mass is 10.1. The third-order valence-electron chi connectivity index (χ3n) is 4.51. The van der Waals surface area contributed by atoms with Gasteiger partial charge in [-0.3, -0.25) is 0 Å². The second-order valence-electron chi connectivity index (χ2n) is 7.17. The van der Waals surface area contributed by atoms with Gasteiger partial charge in [-0.15, -0.1) is 0 Å². The van der Waals surface area contributed by atoms with Crippen LogP contribution in [0.1, 0.15) is 25.0 Å². The molecule has 0 fully saturated rings. The number of nitrogens with zero attached hydrogens (tertiary/aromatic N) is 7. The number of aromatic nitrogens is 4. The lowest BCUT2D eigenvalue weighted by Gasteiger charge is -2.11. The zero-order valence-electron chi connectivity index (χ0n) is 16.3. The summed E-state index contributed by atoms with van der Waals surface area (Å²) in [6, 6.07) is 6.01. The first-order valence-corrected chi connectivity index (χ1v) is 10.2. The van der Waals surface area contributed by atoms with Crippen molar-refractivity contribution in [2.75, 3.05) is 18.8 Å². The predicted octanol–water partition coefficient (Wildman–Crippen LogP) is 3.27. The van der Waals surface area contributed by atoms with Crippen LogP contribution in [0.2, 0.25) is 0 Å². The van der Waals surface area contributed by atoms with Gasteiger partial charge < -0.3 is 15.6 Å². The van der Waals surface area contributed by atoms with Gasteiger partial charge >= 0.3 is 0 Å². The molecule has 1 aromatic carbocycles. The summed E-state index contributed by atoms with van der Waals surface area (Å²) in [7, 11) is 0. The van der Waals surface area contributed by atoms with E-state index in [-0.39, 0.29) is 0 Å². The van der Waals surface area contributed by atoms with Crippen molar-refractivity contribution in [1.29, 1.82) is 5.26 Å². The summed E-state index contributed by atoms with van der Waals surface area (Å²) >= 11 is 1.41. The van der Waals surface area contributed by atoms with Crippen molar-refractivity contribution in [2.24, 2.45) is 16.1 Å². The summed E-state index contributed by atoms with van der Waals surface area (Å²) in [5.74, 6) is 0.911. The molecule has 0 spiro atoms. The van der Waals surface area contributed by atoms with Gasteiger partial charge in [0.25, 0.3) is 0 Å². The van der Waals surface area contributed by atoms with Gasteiger partial charge in [0.1, 0.15) is 12.4 Å². The van der Waals surface area contributed by atoms with Gasteiger partial charge in [-0.05, 0) is 24.6 Å². The fourth-order valence-corrected chi connectivity index (χ4v) is 4.09. The van der Waals surface area contributed by atoms with E-state index in [1.165, 1.54) is 18.1 Å². The average molecular weight is 408 g/mol. The molecule has 1 aliphatic rings. The Bertz CT molecular complexity index is 1130. The number of benzene rings is 1. The van der Waals surface area contributed by atoms with Crippen molar-refractivity contribution >= 4 is 34.4 Å². The Kier molecular flexibility index (Phi) is 5.42. The molecule has 29 heavy (non-hydrogen) atoms. The molecule has 0 saturated heterocycles. The van der Waals surface area contributed by atoms with Crippen LogP contribution in [-0.4, -0.2) is 32.6 Å². The molecule has 0 atom stereocenters. The topological polar surface area (TPSA) is 130 Å². The monoisotopic (exact) mass is 407 g/mol. The second kappa shape index (κ2) is 8.14. The summed E-state index contributed by atoms with van der Waals surface area (Å²) in [5, 5.41) is 22.0. The summed E-state index contributed by atoms with van der Waals surface area (Å²) in [4.78, 5) is 13.9. The molecular weight excluding hydrogens is 386 g/mol. The van der Waals surface area contributed by atoms with E-state index in [4.69, 9.17) is 5.73 Å². The molecule has 3 aromatic rings. The molecule has 0 radical (unpaired) electrons. The fraction of sp³-hybridized carbons (Fsp3) is 0.368. The number of hydrogen-bond donors (Lipinski definition) is 2. The summed E-state index contributed by atoms with van der Waals surface area (Å²) in [5.41, 5.74) is 9.62. The molecule has 148 valence electrons. The third kappa shape index (κ3) is 3.92. The molecule has 3 N–H and O–H groups in total. The van der Waals surface area contributed by atoms with Crippen LogP contribution in [0.25, 0.3) is 11.2 Å². The lowest BCUT2D eigenvalue weighted by Crippen LogP contribution is -2.24. The third-order valence-corrected chi connectivity index (χ3v) is 5.56. The van der Waals surface area contributed by atoms with Crippen LogP contribution in [0.4, 0.5) is 11.5 Å². The Balaban J connectivity index is 1.70. The molecule has 0 saturated carbocycles. The number of anilines is 1. The van der Waals surface area contributed by atoms with Gasteiger partial charge in [-0.25, -0.2) is 15.0 Å². The largest absolute Gasteiger partial charge is 0.382 e. The maximum atomic E-state index is 9.60. The quantitative estimate of drug-likeness (QED) is 0.575. The Labute approximate surface area is 172 Å². The van der Waals surface area contributed by atoms with Crippen molar-refractivity contribution in [2.45, 2.75) is 37.0 Å². The molecule has 10 heteroatoms. The molecule has 2 aromatic heterocycles. The minimum atomic E-state index is 0.342. The smallest absolute Gasteiger partial charge is 0.175 e. The van der Waals surface area contributed by atoms with Crippen LogP contribution in [0.15, 0.2) is 38.7 Å². The van der Waals surface area contributed by atoms with E-state index in [9.17, 15) is 5.26 Å². The van der Waals surface area contributed by atoms with Gasteiger partial charge in [0, 0.05) is 23.5 Å². The number of nitrogens with two attached hydrogens (primary N) is 1. The molecule has 0 bridgehead atoms. The van der Waals surface area contributed by atoms with E-state index in [1.54, 1.807) is 0 Å². The molecule has 4 rings (SSSR count). The first-order valence-electron chi connectivity index (χ1n) is 9.36. The van der Waals surface area contributed by atoms with Crippen molar-refractivity contribution in [3.63, 3.8) is 0 Å². The molecule has 3 heterocycles. The van der Waals surface area contributed by atoms with Crippen LogP contribution >= 0.6 is 11.8 Å². The highest BCUT2D eigenvalue weighted by molar-refractivity contribution is 7.99. The molecule has 0 unspecified atom stereocenters. The highest BCUT2D eigenvalue weighted by Crippen LogP contribution is 2.38. The average Bonchev–Trinajstić information content (AvgIpc) is 3.29. The predicted molar refractivity (Wildman–Crippen MR) is 111 cm³/mol. The number of hydrogen-bond acceptors (Lipinski definition) is 9. The van der Waals surface area contributed by atoms with Crippen molar-refractivity contribution < 1.29 is 0 Å². The van der Waals surface area contributed by atoms with E-state index in [1.807, 2.05) is 16.7 Å². The highest BCUT2D eigenvalue weighted by Gasteiger charge is 2.19. The van der Waals surface area contributed by atoms with E-state index >= 15 is 0 Å². The number of azo groups is 1. The Morgan fingerprint density at radius 1 is 1.34 bits per heavy atom. The van der Waals surface area contributed by atoms with Gasteiger partial charge in [0.2, 0.25) is 0 Å². The number of rotatable bonds is 7. The summed E-state index contributed by atoms with van der Waals surface area (Å²) in [6.45, 7) is 7.23. The fourth-order valence-electron chi connectivity index (χ4n) is 3.09. The normalized spacial score (nSPS) is 12.6.